The molecule has 0 amide bonds. The van der Waals surface area contributed by atoms with E-state index in [1.807, 2.05) is 18.2 Å². The zero-order chi connectivity index (χ0) is 15.4. The fourth-order valence-corrected chi connectivity index (χ4v) is 3.58. The number of benzene rings is 2. The zero-order valence-electron chi connectivity index (χ0n) is 12.1. The molecule has 0 aliphatic rings. The van der Waals surface area contributed by atoms with Crippen LogP contribution in [0.2, 0.25) is 0 Å². The van der Waals surface area contributed by atoms with Crippen molar-refractivity contribution < 1.29 is 4.39 Å². The highest BCUT2D eigenvalue weighted by Gasteiger charge is 2.15. The second-order valence-corrected chi connectivity index (χ2v) is 6.93. The Kier molecular flexibility index (Phi) is 5.97. The number of hydrogen-bond acceptors (Lipinski definition) is 1. The highest BCUT2D eigenvalue weighted by atomic mass is 79.9. The van der Waals surface area contributed by atoms with Crippen molar-refractivity contribution in [3.63, 3.8) is 0 Å². The van der Waals surface area contributed by atoms with Crippen LogP contribution in [0, 0.1) is 12.7 Å². The average molecular weight is 415 g/mol. The Morgan fingerprint density at radius 2 is 1.71 bits per heavy atom. The summed E-state index contributed by atoms with van der Waals surface area (Å²) in [5.74, 6) is -0.162. The van der Waals surface area contributed by atoms with E-state index in [1.54, 1.807) is 13.0 Å². The molecule has 1 atom stereocenters. The minimum absolute atomic E-state index is 0.0196. The van der Waals surface area contributed by atoms with Crippen LogP contribution in [0.1, 0.15) is 36.1 Å². The molecule has 112 valence electrons. The van der Waals surface area contributed by atoms with Crippen LogP contribution in [-0.2, 0) is 0 Å². The lowest BCUT2D eigenvalue weighted by molar-refractivity contribution is 0.582. The van der Waals surface area contributed by atoms with Gasteiger partial charge in [0.15, 0.2) is 0 Å². The van der Waals surface area contributed by atoms with Gasteiger partial charge < -0.3 is 5.32 Å². The summed E-state index contributed by atoms with van der Waals surface area (Å²) >= 11 is 7.03. The van der Waals surface area contributed by atoms with E-state index in [-0.39, 0.29) is 11.9 Å². The average Bonchev–Trinajstić information content (AvgIpc) is 2.42. The van der Waals surface area contributed by atoms with Crippen molar-refractivity contribution in [1.82, 2.24) is 5.32 Å². The summed E-state index contributed by atoms with van der Waals surface area (Å²) in [5.41, 5.74) is 2.72. The SMILES string of the molecule is CCCNC(c1cc(Br)cc(Br)c1)c1ccc(C)c(F)c1. The first-order chi connectivity index (χ1) is 10.0. The molecule has 0 spiro atoms. The molecule has 0 heterocycles. The topological polar surface area (TPSA) is 12.0 Å². The first kappa shape index (κ1) is 16.7. The van der Waals surface area contributed by atoms with Gasteiger partial charge >= 0.3 is 0 Å². The standard InChI is InChI=1S/C17H18Br2FN/c1-3-6-21-17(12-5-4-11(2)16(20)9-12)13-7-14(18)10-15(19)8-13/h4-5,7-10,17,21H,3,6H2,1-2H3. The Balaban J connectivity index is 2.43. The van der Waals surface area contributed by atoms with Gasteiger partial charge in [-0.15, -0.1) is 0 Å². The van der Waals surface area contributed by atoms with Gasteiger partial charge in [0.25, 0.3) is 0 Å². The van der Waals surface area contributed by atoms with E-state index >= 15 is 0 Å². The van der Waals surface area contributed by atoms with Crippen LogP contribution in [0.15, 0.2) is 45.3 Å². The van der Waals surface area contributed by atoms with Crippen molar-refractivity contribution in [3.8, 4) is 0 Å². The lowest BCUT2D eigenvalue weighted by atomic mass is 9.97. The van der Waals surface area contributed by atoms with E-state index in [9.17, 15) is 4.39 Å². The predicted octanol–water partition coefficient (Wildman–Crippen LogP) is 5.75. The van der Waals surface area contributed by atoms with Crippen LogP contribution < -0.4 is 5.32 Å². The third kappa shape index (κ3) is 4.38. The van der Waals surface area contributed by atoms with Crippen LogP contribution in [0.4, 0.5) is 4.39 Å². The largest absolute Gasteiger partial charge is 0.306 e. The Morgan fingerprint density at radius 3 is 2.29 bits per heavy atom. The third-order valence-electron chi connectivity index (χ3n) is 3.35. The van der Waals surface area contributed by atoms with Gasteiger partial charge in [-0.05, 0) is 60.8 Å². The Bertz CT molecular complexity index is 608. The maximum Gasteiger partial charge on any atom is 0.126 e. The van der Waals surface area contributed by atoms with Gasteiger partial charge in [-0.2, -0.15) is 0 Å². The molecule has 21 heavy (non-hydrogen) atoms. The quantitative estimate of drug-likeness (QED) is 0.656. The molecule has 0 radical (unpaired) electrons. The second-order valence-electron chi connectivity index (χ2n) is 5.10. The van der Waals surface area contributed by atoms with Crippen LogP contribution >= 0.6 is 31.9 Å². The van der Waals surface area contributed by atoms with Crippen LogP contribution in [0.3, 0.4) is 0 Å². The lowest BCUT2D eigenvalue weighted by Crippen LogP contribution is -2.23. The van der Waals surface area contributed by atoms with Crippen molar-refractivity contribution in [2.24, 2.45) is 0 Å². The van der Waals surface area contributed by atoms with Crippen molar-refractivity contribution in [2.45, 2.75) is 26.3 Å². The van der Waals surface area contributed by atoms with E-state index in [0.717, 1.165) is 33.0 Å². The molecule has 0 saturated carbocycles. The molecular formula is C17H18Br2FN. The van der Waals surface area contributed by atoms with E-state index in [4.69, 9.17) is 0 Å². The number of hydrogen-bond donors (Lipinski definition) is 1. The van der Waals surface area contributed by atoms with Gasteiger partial charge in [0.05, 0.1) is 6.04 Å². The monoisotopic (exact) mass is 413 g/mol. The molecule has 0 aromatic heterocycles. The molecule has 4 heteroatoms. The van der Waals surface area contributed by atoms with E-state index < -0.39 is 0 Å². The minimum atomic E-state index is -0.162. The molecule has 2 rings (SSSR count). The molecule has 1 nitrogen and oxygen atoms in total. The second kappa shape index (κ2) is 7.52. The van der Waals surface area contributed by atoms with Crippen LogP contribution in [0.25, 0.3) is 0 Å². The zero-order valence-corrected chi connectivity index (χ0v) is 15.3. The summed E-state index contributed by atoms with van der Waals surface area (Å²) in [6, 6.07) is 11.5. The van der Waals surface area contributed by atoms with E-state index in [2.05, 4.69) is 56.2 Å². The maximum atomic E-state index is 13.9. The highest BCUT2D eigenvalue weighted by Crippen LogP contribution is 2.29. The van der Waals surface area contributed by atoms with E-state index in [1.165, 1.54) is 0 Å². The van der Waals surface area contributed by atoms with Crippen LogP contribution in [0.5, 0.6) is 0 Å². The smallest absolute Gasteiger partial charge is 0.126 e. The van der Waals surface area contributed by atoms with Gasteiger partial charge in [-0.3, -0.25) is 0 Å². The molecule has 0 bridgehead atoms. The number of halogens is 3. The number of aryl methyl sites for hydroxylation is 1. The van der Waals surface area contributed by atoms with Crippen molar-refractivity contribution in [1.29, 1.82) is 0 Å². The predicted molar refractivity (Wildman–Crippen MR) is 93.1 cm³/mol. The molecule has 1 unspecified atom stereocenters. The highest BCUT2D eigenvalue weighted by molar-refractivity contribution is 9.11. The summed E-state index contributed by atoms with van der Waals surface area (Å²) in [4.78, 5) is 0. The summed E-state index contributed by atoms with van der Waals surface area (Å²) in [7, 11) is 0. The van der Waals surface area contributed by atoms with Gasteiger partial charge in [0, 0.05) is 8.95 Å². The summed E-state index contributed by atoms with van der Waals surface area (Å²) < 4.78 is 15.9. The van der Waals surface area contributed by atoms with Gasteiger partial charge in [-0.25, -0.2) is 4.39 Å². The van der Waals surface area contributed by atoms with Crippen molar-refractivity contribution >= 4 is 31.9 Å². The van der Waals surface area contributed by atoms with Crippen LogP contribution in [-0.4, -0.2) is 6.54 Å². The summed E-state index contributed by atoms with van der Waals surface area (Å²) in [5, 5.41) is 3.49. The van der Waals surface area contributed by atoms with Gasteiger partial charge in [0.2, 0.25) is 0 Å². The fourth-order valence-electron chi connectivity index (χ4n) is 2.25. The fraction of sp³-hybridized carbons (Fsp3) is 0.294. The Labute approximate surface area is 142 Å². The molecule has 0 aliphatic carbocycles. The molecular weight excluding hydrogens is 397 g/mol. The number of rotatable bonds is 5. The minimum Gasteiger partial charge on any atom is -0.306 e. The van der Waals surface area contributed by atoms with Gasteiger partial charge in [-0.1, -0.05) is 50.9 Å². The summed E-state index contributed by atoms with van der Waals surface area (Å²) in [6.45, 7) is 4.78. The molecule has 0 aliphatic heterocycles. The Hall–Kier alpha value is -0.710. The maximum absolute atomic E-state index is 13.9. The molecule has 0 fully saturated rings. The van der Waals surface area contributed by atoms with Crippen molar-refractivity contribution in [3.05, 3.63) is 67.9 Å². The normalized spacial score (nSPS) is 12.4. The summed E-state index contributed by atoms with van der Waals surface area (Å²) in [6.07, 6.45) is 1.03. The Morgan fingerprint density at radius 1 is 1.05 bits per heavy atom. The molecule has 2 aromatic carbocycles. The number of nitrogens with one attached hydrogen (secondary N) is 1. The molecule has 0 saturated heterocycles. The molecule has 1 N–H and O–H groups in total. The van der Waals surface area contributed by atoms with Crippen molar-refractivity contribution in [2.75, 3.05) is 6.54 Å². The molecule has 2 aromatic rings. The van der Waals surface area contributed by atoms with Gasteiger partial charge in [0.1, 0.15) is 5.82 Å². The third-order valence-corrected chi connectivity index (χ3v) is 4.26. The first-order valence-electron chi connectivity index (χ1n) is 6.96. The first-order valence-corrected chi connectivity index (χ1v) is 8.55. The van der Waals surface area contributed by atoms with E-state index in [0.29, 0.717) is 5.56 Å². The lowest BCUT2D eigenvalue weighted by Gasteiger charge is -2.21.